The molecule has 0 unspecified atom stereocenters. The van der Waals surface area contributed by atoms with Crippen molar-refractivity contribution in [2.45, 2.75) is 12.8 Å². The first-order valence-electron chi connectivity index (χ1n) is 5.08. The van der Waals surface area contributed by atoms with E-state index in [0.29, 0.717) is 9.86 Å². The van der Waals surface area contributed by atoms with Crippen molar-refractivity contribution < 1.29 is 13.6 Å². The SMILES string of the molecule is O=C(c1cc2cc(Br)cc(F)c2o1)C1CC1. The van der Waals surface area contributed by atoms with Gasteiger partial charge >= 0.3 is 0 Å². The van der Waals surface area contributed by atoms with Crippen LogP contribution in [0.25, 0.3) is 11.0 Å². The number of benzene rings is 1. The van der Waals surface area contributed by atoms with E-state index in [2.05, 4.69) is 15.9 Å². The van der Waals surface area contributed by atoms with Gasteiger partial charge in [-0.15, -0.1) is 0 Å². The highest BCUT2D eigenvalue weighted by Gasteiger charge is 2.32. The molecule has 0 radical (unpaired) electrons. The number of rotatable bonds is 2. The highest BCUT2D eigenvalue weighted by molar-refractivity contribution is 9.10. The normalized spacial score (nSPS) is 15.6. The summed E-state index contributed by atoms with van der Waals surface area (Å²) in [6.45, 7) is 0. The summed E-state index contributed by atoms with van der Waals surface area (Å²) in [6.07, 6.45) is 1.84. The Bertz CT molecular complexity index is 584. The molecule has 0 amide bonds. The minimum Gasteiger partial charge on any atom is -0.450 e. The highest BCUT2D eigenvalue weighted by Crippen LogP contribution is 2.35. The number of carbonyl (C=O) groups is 1. The van der Waals surface area contributed by atoms with Crippen LogP contribution in [0.3, 0.4) is 0 Å². The van der Waals surface area contributed by atoms with Crippen LogP contribution >= 0.6 is 15.9 Å². The van der Waals surface area contributed by atoms with Crippen molar-refractivity contribution >= 4 is 32.7 Å². The van der Waals surface area contributed by atoms with Gasteiger partial charge in [-0.25, -0.2) is 4.39 Å². The molecule has 0 saturated heterocycles. The summed E-state index contributed by atoms with van der Waals surface area (Å²) >= 11 is 3.20. The van der Waals surface area contributed by atoms with Crippen molar-refractivity contribution in [2.24, 2.45) is 5.92 Å². The van der Waals surface area contributed by atoms with E-state index in [1.54, 1.807) is 12.1 Å². The van der Waals surface area contributed by atoms with Crippen molar-refractivity contribution in [3.63, 3.8) is 0 Å². The lowest BCUT2D eigenvalue weighted by Gasteiger charge is -1.92. The smallest absolute Gasteiger partial charge is 0.201 e. The monoisotopic (exact) mass is 282 g/mol. The first-order chi connectivity index (χ1) is 7.65. The van der Waals surface area contributed by atoms with Gasteiger partial charge in [0.05, 0.1) is 0 Å². The predicted octanol–water partition coefficient (Wildman–Crippen LogP) is 3.93. The summed E-state index contributed by atoms with van der Waals surface area (Å²) in [5, 5.41) is 0.621. The van der Waals surface area contributed by atoms with E-state index in [1.165, 1.54) is 6.07 Å². The average molecular weight is 283 g/mol. The fraction of sp³-hybridized carbons (Fsp3) is 0.250. The number of ketones is 1. The standard InChI is InChI=1S/C12H8BrFO2/c13-8-3-7-4-10(11(15)6-1-2-6)16-12(7)9(14)5-8/h3-6H,1-2H2. The topological polar surface area (TPSA) is 30.2 Å². The molecular weight excluding hydrogens is 275 g/mol. The third-order valence-corrected chi connectivity index (χ3v) is 3.18. The quantitative estimate of drug-likeness (QED) is 0.782. The summed E-state index contributed by atoms with van der Waals surface area (Å²) in [4.78, 5) is 11.7. The molecule has 1 heterocycles. The van der Waals surface area contributed by atoms with Gasteiger partial charge in [-0.1, -0.05) is 15.9 Å². The summed E-state index contributed by atoms with van der Waals surface area (Å²) in [7, 11) is 0. The van der Waals surface area contributed by atoms with Gasteiger partial charge in [-0.05, 0) is 31.0 Å². The first-order valence-corrected chi connectivity index (χ1v) is 5.87. The van der Waals surface area contributed by atoms with E-state index >= 15 is 0 Å². The number of hydrogen-bond acceptors (Lipinski definition) is 2. The van der Waals surface area contributed by atoms with Crippen molar-refractivity contribution in [3.8, 4) is 0 Å². The second-order valence-electron chi connectivity index (χ2n) is 4.06. The number of Topliss-reactive ketones (excluding diaryl/α,β-unsaturated/α-hetero) is 1. The molecule has 1 aliphatic rings. The van der Waals surface area contributed by atoms with Gasteiger partial charge in [0.2, 0.25) is 5.78 Å². The zero-order chi connectivity index (χ0) is 11.3. The Kier molecular flexibility index (Phi) is 2.14. The predicted molar refractivity (Wildman–Crippen MR) is 60.9 cm³/mol. The van der Waals surface area contributed by atoms with Crippen LogP contribution in [-0.4, -0.2) is 5.78 Å². The number of fused-ring (bicyclic) bond motifs is 1. The molecule has 0 bridgehead atoms. The van der Waals surface area contributed by atoms with Crippen LogP contribution in [0.15, 0.2) is 27.1 Å². The van der Waals surface area contributed by atoms with Crippen molar-refractivity contribution in [3.05, 3.63) is 34.2 Å². The van der Waals surface area contributed by atoms with Crippen LogP contribution in [0.4, 0.5) is 4.39 Å². The molecule has 3 rings (SSSR count). The highest BCUT2D eigenvalue weighted by atomic mass is 79.9. The molecular formula is C12H8BrFO2. The molecule has 0 spiro atoms. The van der Waals surface area contributed by atoms with Gasteiger partial charge in [-0.2, -0.15) is 0 Å². The molecule has 2 aromatic rings. The lowest BCUT2D eigenvalue weighted by molar-refractivity contribution is 0.0942. The van der Waals surface area contributed by atoms with E-state index in [-0.39, 0.29) is 23.0 Å². The molecule has 2 nitrogen and oxygen atoms in total. The minimum absolute atomic E-state index is 0.00766. The number of carbonyl (C=O) groups excluding carboxylic acids is 1. The van der Waals surface area contributed by atoms with Gasteiger partial charge in [0.1, 0.15) is 0 Å². The maximum Gasteiger partial charge on any atom is 0.201 e. The summed E-state index contributed by atoms with van der Waals surface area (Å²) < 4.78 is 19.4. The molecule has 1 aliphatic carbocycles. The summed E-state index contributed by atoms with van der Waals surface area (Å²) in [5.41, 5.74) is 0.159. The number of hydrogen-bond donors (Lipinski definition) is 0. The van der Waals surface area contributed by atoms with Gasteiger partial charge in [0.15, 0.2) is 17.2 Å². The third-order valence-electron chi connectivity index (χ3n) is 2.73. The van der Waals surface area contributed by atoms with Crippen molar-refractivity contribution in [1.82, 2.24) is 0 Å². The van der Waals surface area contributed by atoms with Gasteiger partial charge < -0.3 is 4.42 Å². The second-order valence-corrected chi connectivity index (χ2v) is 4.97. The van der Waals surface area contributed by atoms with Crippen LogP contribution in [0.5, 0.6) is 0 Å². The molecule has 0 atom stereocenters. The summed E-state index contributed by atoms with van der Waals surface area (Å²) in [5.74, 6) is -0.0903. The van der Waals surface area contributed by atoms with E-state index in [9.17, 15) is 9.18 Å². The molecule has 1 fully saturated rings. The fourth-order valence-electron chi connectivity index (χ4n) is 1.74. The van der Waals surface area contributed by atoms with Crippen LogP contribution in [0.1, 0.15) is 23.4 Å². The Morgan fingerprint density at radius 2 is 2.12 bits per heavy atom. The molecule has 4 heteroatoms. The van der Waals surface area contributed by atoms with Gasteiger partial charge in [0.25, 0.3) is 0 Å². The van der Waals surface area contributed by atoms with Crippen molar-refractivity contribution in [1.29, 1.82) is 0 Å². The van der Waals surface area contributed by atoms with Gasteiger partial charge in [0, 0.05) is 15.8 Å². The van der Waals surface area contributed by atoms with E-state index in [4.69, 9.17) is 4.42 Å². The zero-order valence-electron chi connectivity index (χ0n) is 8.30. The van der Waals surface area contributed by atoms with Crippen LogP contribution in [-0.2, 0) is 0 Å². The largest absolute Gasteiger partial charge is 0.450 e. The maximum atomic E-state index is 13.5. The van der Waals surface area contributed by atoms with E-state index in [1.807, 2.05) is 0 Å². The van der Waals surface area contributed by atoms with Crippen LogP contribution in [0, 0.1) is 11.7 Å². The minimum atomic E-state index is -0.445. The van der Waals surface area contributed by atoms with E-state index < -0.39 is 5.82 Å². The molecule has 1 saturated carbocycles. The Hall–Kier alpha value is -1.16. The molecule has 1 aromatic heterocycles. The number of halogens is 2. The average Bonchev–Trinajstić information content (AvgIpc) is 2.97. The lowest BCUT2D eigenvalue weighted by atomic mass is 10.2. The maximum absolute atomic E-state index is 13.5. The van der Waals surface area contributed by atoms with Crippen molar-refractivity contribution in [2.75, 3.05) is 0 Å². The third kappa shape index (κ3) is 1.57. The Labute approximate surface area is 99.6 Å². The Balaban J connectivity index is 2.14. The van der Waals surface area contributed by atoms with E-state index in [0.717, 1.165) is 12.8 Å². The zero-order valence-corrected chi connectivity index (χ0v) is 9.88. The lowest BCUT2D eigenvalue weighted by Crippen LogP contribution is -1.98. The molecule has 16 heavy (non-hydrogen) atoms. The number of furan rings is 1. The second kappa shape index (κ2) is 3.42. The first kappa shape index (κ1) is 10.0. The Morgan fingerprint density at radius 3 is 2.81 bits per heavy atom. The summed E-state index contributed by atoms with van der Waals surface area (Å²) in [6, 6.07) is 4.69. The molecule has 82 valence electrons. The fourth-order valence-corrected chi connectivity index (χ4v) is 2.19. The molecule has 0 N–H and O–H groups in total. The van der Waals surface area contributed by atoms with Gasteiger partial charge in [-0.3, -0.25) is 4.79 Å². The molecule has 0 aliphatic heterocycles. The molecule has 1 aromatic carbocycles. The van der Waals surface area contributed by atoms with Crippen LogP contribution < -0.4 is 0 Å². The Morgan fingerprint density at radius 1 is 1.38 bits per heavy atom. The van der Waals surface area contributed by atoms with Crippen LogP contribution in [0.2, 0.25) is 0 Å².